The van der Waals surface area contributed by atoms with Crippen LogP contribution in [0.15, 0.2) is 0 Å². The molecule has 4 fully saturated rings. The molecule has 0 aromatic heterocycles. The minimum absolute atomic E-state index is 0.486. The monoisotopic (exact) mass is 621 g/mol. The normalized spacial score (nSPS) is 43.6. The van der Waals surface area contributed by atoms with Crippen LogP contribution < -0.4 is 0 Å². The fourth-order valence-electron chi connectivity index (χ4n) is 13.5. The van der Waals surface area contributed by atoms with Crippen LogP contribution in [0.2, 0.25) is 0 Å². The Bertz CT molecular complexity index is 731. The van der Waals surface area contributed by atoms with Gasteiger partial charge in [0.25, 0.3) is 0 Å². The maximum absolute atomic E-state index is 4.24. The third-order valence-electron chi connectivity index (χ3n) is 16.7. The second kappa shape index (κ2) is 12.5. The third-order valence-corrected chi connectivity index (χ3v) is 34.9. The van der Waals surface area contributed by atoms with Crippen LogP contribution in [0.25, 0.3) is 0 Å². The molecule has 0 spiro atoms. The van der Waals surface area contributed by atoms with E-state index in [0.29, 0.717) is 20.6 Å². The van der Waals surface area contributed by atoms with Crippen molar-refractivity contribution in [3.63, 3.8) is 0 Å². The van der Waals surface area contributed by atoms with Crippen molar-refractivity contribution in [2.75, 3.05) is 0 Å². The minimum atomic E-state index is -2.58. The molecule has 0 bridgehead atoms. The van der Waals surface area contributed by atoms with Gasteiger partial charge in [-0.25, -0.2) is 0 Å². The first kappa shape index (κ1) is 35.7. The summed E-state index contributed by atoms with van der Waals surface area (Å²) in [5.74, 6) is 7.14. The van der Waals surface area contributed by atoms with E-state index < -0.39 is 6.29 Å². The van der Waals surface area contributed by atoms with E-state index in [1.807, 2.05) is 0 Å². The molecule has 4 saturated carbocycles. The van der Waals surface area contributed by atoms with Gasteiger partial charge in [0.1, 0.15) is 0 Å². The Balaban J connectivity index is 1.95. The Morgan fingerprint density at radius 2 is 0.524 bits per heavy atom. The fourth-order valence-corrected chi connectivity index (χ4v) is 29.1. The summed E-state index contributed by atoms with van der Waals surface area (Å²) in [5, 5.41) is 1.94. The van der Waals surface area contributed by atoms with E-state index in [9.17, 15) is 0 Å². The molecule has 1 atom stereocenters. The van der Waals surface area contributed by atoms with Crippen LogP contribution in [-0.4, -0.2) is 20.6 Å². The van der Waals surface area contributed by atoms with Gasteiger partial charge < -0.3 is 0 Å². The Morgan fingerprint density at radius 3 is 0.643 bits per heavy atom. The van der Waals surface area contributed by atoms with Crippen molar-refractivity contribution in [2.45, 2.75) is 206 Å². The van der Waals surface area contributed by atoms with E-state index in [-0.39, 0.29) is 0 Å². The average molecular weight is 621 g/mol. The molecule has 42 heavy (non-hydrogen) atoms. The van der Waals surface area contributed by atoms with E-state index in [1.54, 1.807) is 0 Å². The van der Waals surface area contributed by atoms with Crippen LogP contribution in [0, 0.1) is 47.3 Å². The Morgan fingerprint density at radius 1 is 0.381 bits per heavy atom. The average Bonchev–Trinajstić information content (AvgIpc) is 2.93. The van der Waals surface area contributed by atoms with E-state index in [4.69, 9.17) is 0 Å². The molecule has 0 aromatic carbocycles. The van der Waals surface area contributed by atoms with Crippen LogP contribution >= 0.6 is 15.2 Å². The second-order valence-corrected chi connectivity index (χ2v) is 29.3. The summed E-state index contributed by atoms with van der Waals surface area (Å²) in [5.41, 5.74) is 0. The molecular formula is C40H78P2. The van der Waals surface area contributed by atoms with Gasteiger partial charge in [0.15, 0.2) is 0 Å². The van der Waals surface area contributed by atoms with Gasteiger partial charge in [-0.1, -0.05) is 0 Å². The molecule has 1 unspecified atom stereocenters. The summed E-state index contributed by atoms with van der Waals surface area (Å²) in [6.45, 7) is 32.0. The summed E-state index contributed by atoms with van der Waals surface area (Å²) < 4.78 is 0. The zero-order chi connectivity index (χ0) is 31.4. The third kappa shape index (κ3) is 5.10. The topological polar surface area (TPSA) is 0 Å². The van der Waals surface area contributed by atoms with Gasteiger partial charge in [-0.05, 0) is 0 Å². The molecule has 248 valence electrons. The molecule has 4 aliphatic rings. The maximum atomic E-state index is 4.24. The second-order valence-electron chi connectivity index (χ2n) is 19.5. The molecule has 0 aliphatic heterocycles. The Hall–Kier alpha value is 0.860. The molecule has 2 heteroatoms. The van der Waals surface area contributed by atoms with Crippen molar-refractivity contribution >= 4 is 15.2 Å². The first-order valence-corrected chi connectivity index (χ1v) is 23.1. The summed E-state index contributed by atoms with van der Waals surface area (Å²) in [4.78, 5) is 0. The summed E-state index contributed by atoms with van der Waals surface area (Å²) in [6, 6.07) is 0. The summed E-state index contributed by atoms with van der Waals surface area (Å²) >= 11 is 0. The van der Waals surface area contributed by atoms with Crippen molar-refractivity contribution in [3.05, 3.63) is 0 Å². The predicted octanol–water partition coefficient (Wildman–Crippen LogP) is 13.7. The van der Waals surface area contributed by atoms with Gasteiger partial charge in [-0.2, -0.15) is 0 Å². The molecule has 0 amide bonds. The molecule has 0 saturated heterocycles. The quantitative estimate of drug-likeness (QED) is 0.237. The number of rotatable bonds is 8. The van der Waals surface area contributed by atoms with Gasteiger partial charge >= 0.3 is 269 Å². The molecule has 0 radical (unpaired) electrons. The van der Waals surface area contributed by atoms with Crippen LogP contribution in [0.5, 0.6) is 0 Å². The molecule has 0 N–H and O–H groups in total. The first-order valence-electron chi connectivity index (χ1n) is 19.2. The van der Waals surface area contributed by atoms with Crippen LogP contribution in [0.1, 0.15) is 186 Å². The van der Waals surface area contributed by atoms with Crippen molar-refractivity contribution in [1.82, 2.24) is 0 Å². The van der Waals surface area contributed by atoms with Gasteiger partial charge in [-0.15, -0.1) is 0 Å². The summed E-state index contributed by atoms with van der Waals surface area (Å²) in [6.07, 6.45) is 21.4. The van der Waals surface area contributed by atoms with Crippen molar-refractivity contribution in [2.24, 2.45) is 47.3 Å². The van der Waals surface area contributed by atoms with Crippen LogP contribution in [0.4, 0.5) is 0 Å². The Labute approximate surface area is 268 Å². The van der Waals surface area contributed by atoms with Crippen molar-refractivity contribution in [3.8, 4) is 0 Å². The molecular weight excluding hydrogens is 542 g/mol. The van der Waals surface area contributed by atoms with Gasteiger partial charge in [0.05, 0.1) is 0 Å². The fraction of sp³-hybridized carbons (Fsp3) is 1.00. The molecule has 0 heterocycles. The van der Waals surface area contributed by atoms with E-state index in [2.05, 4.69) is 92.0 Å². The van der Waals surface area contributed by atoms with Crippen LogP contribution in [-0.2, 0) is 0 Å². The zero-order valence-corrected chi connectivity index (χ0v) is 33.0. The molecule has 4 rings (SSSR count). The van der Waals surface area contributed by atoms with Gasteiger partial charge in [0.2, 0.25) is 0 Å². The van der Waals surface area contributed by atoms with E-state index in [0.717, 1.165) is 47.3 Å². The number of hydrogen-bond donors (Lipinski definition) is 0. The SMILES string of the molecule is CC(C)C1CCC(C)(P(P)(C2(C)CCC(C(C)C)CC2)(C2(C)CCC(C(C)C)CC2)C2(C)CCC(C(C)C)CC2)CC1. The zero-order valence-electron chi connectivity index (χ0n) is 31.0. The van der Waals surface area contributed by atoms with Crippen molar-refractivity contribution in [1.29, 1.82) is 0 Å². The first-order chi connectivity index (χ1) is 19.4. The predicted molar refractivity (Wildman–Crippen MR) is 197 cm³/mol. The number of hydrogen-bond acceptors (Lipinski definition) is 0. The van der Waals surface area contributed by atoms with E-state index >= 15 is 0 Å². The molecule has 0 aromatic rings. The van der Waals surface area contributed by atoms with Crippen molar-refractivity contribution < 1.29 is 0 Å². The molecule has 0 nitrogen and oxygen atoms in total. The van der Waals surface area contributed by atoms with Crippen LogP contribution in [0.3, 0.4) is 0 Å². The van der Waals surface area contributed by atoms with Gasteiger partial charge in [0, 0.05) is 0 Å². The summed E-state index contributed by atoms with van der Waals surface area (Å²) in [7, 11) is 4.24. The molecule has 4 aliphatic carbocycles. The van der Waals surface area contributed by atoms with E-state index in [1.165, 1.54) is 103 Å². The standard InChI is InChI=1S/C40H78P2/c1-29(2)33-13-21-37(9,22-14-33)42(41,38(10)23-15-34(16-24-38)30(3)4,39(11)25-17-35(18-26-39)31(5)6)40(12)27-19-36(20-28-40)32(7)8/h29-36H,13-28,41H2,1-12H3. The Kier molecular flexibility index (Phi) is 10.6. The van der Waals surface area contributed by atoms with Gasteiger partial charge in [-0.3, -0.25) is 0 Å².